The maximum atomic E-state index is 12.9. The van der Waals surface area contributed by atoms with Gasteiger partial charge >= 0.3 is 5.97 Å². The minimum absolute atomic E-state index is 0.0798. The number of carbonyl (C=O) groups is 1. The lowest BCUT2D eigenvalue weighted by Gasteiger charge is -2.11. The Balaban J connectivity index is 1.86. The molecule has 32 heavy (non-hydrogen) atoms. The van der Waals surface area contributed by atoms with Gasteiger partial charge in [0.2, 0.25) is 4.77 Å². The van der Waals surface area contributed by atoms with Crippen molar-refractivity contribution in [1.29, 1.82) is 0 Å². The van der Waals surface area contributed by atoms with E-state index < -0.39 is 5.97 Å². The monoisotopic (exact) mass is 535 g/mol. The van der Waals surface area contributed by atoms with E-state index in [9.17, 15) is 4.79 Å². The predicted molar refractivity (Wildman–Crippen MR) is 129 cm³/mol. The SMILES string of the molecule is CCOC(=O)c1c(C)n(-c2cccc(Cl)c2)c2cc(Br)c(OCc3n[nH]c(=S)n3N)cc12. The second-order valence-corrected chi connectivity index (χ2v) is 8.58. The van der Waals surface area contributed by atoms with Crippen molar-refractivity contribution in [3.05, 3.63) is 67.7 Å². The molecule has 0 bridgehead atoms. The molecule has 0 unspecified atom stereocenters. The quantitative estimate of drug-likeness (QED) is 0.203. The third-order valence-electron chi connectivity index (χ3n) is 4.94. The molecule has 0 saturated carbocycles. The molecule has 0 spiro atoms. The second-order valence-electron chi connectivity index (χ2n) is 6.90. The average molecular weight is 537 g/mol. The minimum atomic E-state index is -0.410. The highest BCUT2D eigenvalue weighted by molar-refractivity contribution is 9.10. The standard InChI is InChI=1S/C21H19BrClN5O3S/c1-3-30-20(29)19-11(2)27(13-6-4-5-12(23)7-13)16-9-15(22)17(8-14(16)19)31-10-18-25-26-21(32)28(18)24/h4-9H,3,10,24H2,1-2H3,(H,26,32). The Kier molecular flexibility index (Phi) is 6.27. The number of nitrogen functional groups attached to an aromatic ring is 1. The predicted octanol–water partition coefficient (Wildman–Crippen LogP) is 5.08. The van der Waals surface area contributed by atoms with Crippen LogP contribution in [0.2, 0.25) is 5.02 Å². The van der Waals surface area contributed by atoms with Gasteiger partial charge in [0.1, 0.15) is 12.4 Å². The molecule has 0 saturated heterocycles. The number of aromatic nitrogens is 4. The lowest BCUT2D eigenvalue weighted by Crippen LogP contribution is -2.14. The van der Waals surface area contributed by atoms with E-state index in [4.69, 9.17) is 39.1 Å². The largest absolute Gasteiger partial charge is 0.484 e. The first-order chi connectivity index (χ1) is 15.3. The van der Waals surface area contributed by atoms with E-state index in [2.05, 4.69) is 26.1 Å². The summed E-state index contributed by atoms with van der Waals surface area (Å²) < 4.78 is 15.5. The number of aromatic amines is 1. The number of nitrogens with two attached hydrogens (primary N) is 1. The summed E-state index contributed by atoms with van der Waals surface area (Å²) in [7, 11) is 0. The maximum Gasteiger partial charge on any atom is 0.340 e. The lowest BCUT2D eigenvalue weighted by molar-refractivity contribution is 0.0527. The zero-order valence-corrected chi connectivity index (χ0v) is 20.3. The van der Waals surface area contributed by atoms with Gasteiger partial charge in [0.05, 0.1) is 22.2 Å². The summed E-state index contributed by atoms with van der Waals surface area (Å²) in [5.74, 6) is 6.38. The van der Waals surface area contributed by atoms with Crippen LogP contribution in [0.25, 0.3) is 16.6 Å². The molecule has 166 valence electrons. The van der Waals surface area contributed by atoms with Gasteiger partial charge in [-0.05, 0) is 72.3 Å². The smallest absolute Gasteiger partial charge is 0.340 e. The minimum Gasteiger partial charge on any atom is -0.484 e. The Labute approximate surface area is 202 Å². The second kappa shape index (κ2) is 8.97. The number of ether oxygens (including phenoxy) is 2. The molecule has 3 N–H and O–H groups in total. The third-order valence-corrected chi connectivity index (χ3v) is 6.08. The van der Waals surface area contributed by atoms with E-state index in [0.29, 0.717) is 32.0 Å². The Bertz CT molecular complexity index is 1390. The van der Waals surface area contributed by atoms with E-state index in [1.807, 2.05) is 35.8 Å². The molecule has 2 aromatic carbocycles. The Hall–Kier alpha value is -2.82. The van der Waals surface area contributed by atoms with Crippen LogP contribution in [0, 0.1) is 11.7 Å². The number of carbonyl (C=O) groups excluding carboxylic acids is 1. The van der Waals surface area contributed by atoms with Crippen LogP contribution in [0.1, 0.15) is 28.8 Å². The zero-order chi connectivity index (χ0) is 23.0. The van der Waals surface area contributed by atoms with Gasteiger partial charge in [0.15, 0.2) is 5.82 Å². The summed E-state index contributed by atoms with van der Waals surface area (Å²) in [6.45, 7) is 3.99. The molecule has 0 fully saturated rings. The van der Waals surface area contributed by atoms with Crippen molar-refractivity contribution in [2.45, 2.75) is 20.5 Å². The average Bonchev–Trinajstić information content (AvgIpc) is 3.21. The first kappa shape index (κ1) is 22.4. The number of fused-ring (bicyclic) bond motifs is 1. The molecule has 4 aromatic rings. The van der Waals surface area contributed by atoms with E-state index >= 15 is 0 Å². The van der Waals surface area contributed by atoms with Gasteiger partial charge in [0.25, 0.3) is 0 Å². The Morgan fingerprint density at radius 3 is 2.78 bits per heavy atom. The van der Waals surface area contributed by atoms with E-state index in [1.165, 1.54) is 4.68 Å². The summed E-state index contributed by atoms with van der Waals surface area (Å²) in [5.41, 5.74) is 2.82. The molecule has 0 aliphatic heterocycles. The molecule has 0 aliphatic rings. The highest BCUT2D eigenvalue weighted by atomic mass is 79.9. The van der Waals surface area contributed by atoms with Gasteiger partial charge in [-0.2, -0.15) is 5.10 Å². The normalized spacial score (nSPS) is 11.1. The summed E-state index contributed by atoms with van der Waals surface area (Å²) in [6.07, 6.45) is 0. The number of esters is 1. The van der Waals surface area contributed by atoms with Gasteiger partial charge in [-0.25, -0.2) is 9.47 Å². The molecule has 8 nitrogen and oxygen atoms in total. The van der Waals surface area contributed by atoms with E-state index in [0.717, 1.165) is 16.9 Å². The number of nitrogens with zero attached hydrogens (tertiary/aromatic N) is 3. The van der Waals surface area contributed by atoms with E-state index in [-0.39, 0.29) is 18.0 Å². The lowest BCUT2D eigenvalue weighted by atomic mass is 10.1. The summed E-state index contributed by atoms with van der Waals surface area (Å²) in [4.78, 5) is 12.9. The number of hydrogen-bond acceptors (Lipinski definition) is 6. The molecular formula is C21H19BrClN5O3S. The highest BCUT2D eigenvalue weighted by Gasteiger charge is 2.24. The summed E-state index contributed by atoms with van der Waals surface area (Å²) in [6, 6.07) is 11.1. The van der Waals surface area contributed by atoms with Crippen LogP contribution in [0.3, 0.4) is 0 Å². The topological polar surface area (TPSA) is 100 Å². The molecule has 11 heteroatoms. The maximum absolute atomic E-state index is 12.9. The fourth-order valence-corrected chi connectivity index (χ4v) is 4.30. The van der Waals surface area contributed by atoms with Crippen molar-refractivity contribution < 1.29 is 14.3 Å². The number of halogens is 2. The van der Waals surface area contributed by atoms with Crippen LogP contribution >= 0.6 is 39.7 Å². The van der Waals surface area contributed by atoms with Crippen molar-refractivity contribution in [2.75, 3.05) is 12.4 Å². The van der Waals surface area contributed by atoms with Crippen molar-refractivity contribution >= 4 is 56.6 Å². The van der Waals surface area contributed by atoms with Crippen LogP contribution in [0.15, 0.2) is 40.9 Å². The number of H-pyrrole nitrogens is 1. The Morgan fingerprint density at radius 2 is 2.12 bits per heavy atom. The third kappa shape index (κ3) is 4.01. The van der Waals surface area contributed by atoms with Crippen LogP contribution < -0.4 is 10.6 Å². The van der Waals surface area contributed by atoms with E-state index in [1.54, 1.807) is 19.1 Å². The Morgan fingerprint density at radius 1 is 1.34 bits per heavy atom. The van der Waals surface area contributed by atoms with Crippen molar-refractivity contribution in [2.24, 2.45) is 0 Å². The molecule has 2 heterocycles. The first-order valence-corrected chi connectivity index (χ1v) is 11.2. The molecular weight excluding hydrogens is 518 g/mol. The van der Waals surface area contributed by atoms with Gasteiger partial charge in [0, 0.05) is 21.8 Å². The number of rotatable bonds is 6. The number of hydrogen-bond donors (Lipinski definition) is 2. The highest BCUT2D eigenvalue weighted by Crippen LogP contribution is 2.37. The van der Waals surface area contributed by atoms with Crippen LogP contribution in [-0.2, 0) is 11.3 Å². The van der Waals surface area contributed by atoms with Crippen molar-refractivity contribution in [3.8, 4) is 11.4 Å². The molecule has 2 aromatic heterocycles. The summed E-state index contributed by atoms with van der Waals surface area (Å²) in [5, 5.41) is 7.94. The van der Waals surface area contributed by atoms with Crippen molar-refractivity contribution in [1.82, 2.24) is 19.4 Å². The van der Waals surface area contributed by atoms with Gasteiger partial charge in [-0.3, -0.25) is 5.10 Å². The molecule has 0 radical (unpaired) electrons. The van der Waals surface area contributed by atoms with Crippen LogP contribution in [0.5, 0.6) is 5.75 Å². The molecule has 4 rings (SSSR count). The number of benzene rings is 2. The fraction of sp³-hybridized carbons (Fsp3) is 0.190. The van der Waals surface area contributed by atoms with Gasteiger partial charge in [-0.1, -0.05) is 17.7 Å². The first-order valence-electron chi connectivity index (χ1n) is 9.63. The van der Waals surface area contributed by atoms with Gasteiger partial charge < -0.3 is 19.9 Å². The van der Waals surface area contributed by atoms with Gasteiger partial charge in [-0.15, -0.1) is 0 Å². The fourth-order valence-electron chi connectivity index (χ4n) is 3.52. The molecule has 0 aliphatic carbocycles. The summed E-state index contributed by atoms with van der Waals surface area (Å²) >= 11 is 14.8. The molecule has 0 amide bonds. The zero-order valence-electron chi connectivity index (χ0n) is 17.2. The van der Waals surface area contributed by atoms with Crippen LogP contribution in [-0.4, -0.2) is 32.0 Å². The van der Waals surface area contributed by atoms with Crippen LogP contribution in [0.4, 0.5) is 0 Å². The van der Waals surface area contributed by atoms with Crippen molar-refractivity contribution in [3.63, 3.8) is 0 Å². The number of nitrogens with one attached hydrogen (secondary N) is 1. The molecule has 0 atom stereocenters.